The van der Waals surface area contributed by atoms with Crippen LogP contribution in [0.4, 0.5) is 5.69 Å². The average Bonchev–Trinajstić information content (AvgIpc) is 2.87. The number of rotatable bonds is 5. The fraction of sp³-hybridized carbons (Fsp3) is 0.176. The van der Waals surface area contributed by atoms with Gasteiger partial charge in [-0.25, -0.2) is 0 Å². The van der Waals surface area contributed by atoms with Crippen LogP contribution >= 0.6 is 11.6 Å². The van der Waals surface area contributed by atoms with Crippen LogP contribution in [0.15, 0.2) is 41.6 Å². The van der Waals surface area contributed by atoms with E-state index in [9.17, 15) is 10.0 Å². The number of para-hydroxylation sites is 1. The van der Waals surface area contributed by atoms with E-state index < -0.39 is 0 Å². The van der Waals surface area contributed by atoms with Gasteiger partial charge in [-0.15, -0.1) is 4.91 Å². The Morgan fingerprint density at radius 3 is 2.58 bits per heavy atom. The standard InChI is InChI=1S/C17H15ClN2O4/c1-23-13-7-6-10(8-14(13)24-2)9-20-16-11(4-3-5-12(16)18)15(19-22)17(20)21/h3-8,21H,9H2,1-2H3. The highest BCUT2D eigenvalue weighted by Gasteiger charge is 2.20. The fourth-order valence-corrected chi connectivity index (χ4v) is 3.02. The van der Waals surface area contributed by atoms with Gasteiger partial charge >= 0.3 is 0 Å². The summed E-state index contributed by atoms with van der Waals surface area (Å²) in [6, 6.07) is 10.5. The molecule has 0 aliphatic heterocycles. The van der Waals surface area contributed by atoms with Gasteiger partial charge in [-0.1, -0.05) is 29.8 Å². The monoisotopic (exact) mass is 346 g/mol. The first-order valence-electron chi connectivity index (χ1n) is 7.14. The van der Waals surface area contributed by atoms with Crippen molar-refractivity contribution < 1.29 is 14.6 Å². The zero-order valence-electron chi connectivity index (χ0n) is 13.1. The molecule has 0 saturated heterocycles. The molecule has 24 heavy (non-hydrogen) atoms. The topological polar surface area (TPSA) is 73.0 Å². The molecule has 124 valence electrons. The first kappa shape index (κ1) is 16.1. The molecule has 7 heteroatoms. The van der Waals surface area contributed by atoms with Crippen LogP contribution < -0.4 is 9.47 Å². The number of aromatic hydroxyl groups is 1. The summed E-state index contributed by atoms with van der Waals surface area (Å²) in [7, 11) is 3.11. The van der Waals surface area contributed by atoms with Crippen molar-refractivity contribution in [3.8, 4) is 17.4 Å². The van der Waals surface area contributed by atoms with Crippen molar-refractivity contribution in [2.75, 3.05) is 14.2 Å². The zero-order chi connectivity index (χ0) is 17.3. The number of nitroso groups, excluding NO2 is 1. The number of methoxy groups -OCH3 is 2. The SMILES string of the molecule is COc1ccc(Cn2c(O)c(N=O)c3cccc(Cl)c32)cc1OC. The van der Waals surface area contributed by atoms with E-state index in [1.54, 1.807) is 49.1 Å². The fourth-order valence-electron chi connectivity index (χ4n) is 2.74. The van der Waals surface area contributed by atoms with Gasteiger partial charge in [-0.2, -0.15) is 0 Å². The minimum absolute atomic E-state index is 0.0204. The largest absolute Gasteiger partial charge is 0.493 e. The third kappa shape index (κ3) is 2.55. The lowest BCUT2D eigenvalue weighted by molar-refractivity contribution is 0.354. The van der Waals surface area contributed by atoms with Crippen LogP contribution in [0.2, 0.25) is 5.02 Å². The van der Waals surface area contributed by atoms with E-state index in [1.165, 1.54) is 0 Å². The molecule has 1 N–H and O–H groups in total. The van der Waals surface area contributed by atoms with Crippen molar-refractivity contribution >= 4 is 28.2 Å². The van der Waals surface area contributed by atoms with E-state index in [2.05, 4.69) is 5.18 Å². The van der Waals surface area contributed by atoms with E-state index in [0.29, 0.717) is 34.0 Å². The first-order valence-corrected chi connectivity index (χ1v) is 7.52. The van der Waals surface area contributed by atoms with E-state index in [0.717, 1.165) is 5.56 Å². The Hall–Kier alpha value is -2.73. The van der Waals surface area contributed by atoms with Gasteiger partial charge < -0.3 is 19.1 Å². The van der Waals surface area contributed by atoms with Gasteiger partial charge in [0.2, 0.25) is 5.88 Å². The van der Waals surface area contributed by atoms with Gasteiger partial charge in [0.05, 0.1) is 31.3 Å². The molecule has 1 heterocycles. The maximum Gasteiger partial charge on any atom is 0.222 e. The number of aromatic nitrogens is 1. The molecule has 2 aromatic carbocycles. The van der Waals surface area contributed by atoms with E-state index >= 15 is 0 Å². The maximum absolute atomic E-state index is 11.1. The third-order valence-corrected chi connectivity index (χ3v) is 4.16. The lowest BCUT2D eigenvalue weighted by atomic mass is 10.2. The van der Waals surface area contributed by atoms with E-state index in [1.807, 2.05) is 6.07 Å². The van der Waals surface area contributed by atoms with Crippen molar-refractivity contribution in [2.45, 2.75) is 6.54 Å². The summed E-state index contributed by atoms with van der Waals surface area (Å²) in [6.45, 7) is 0.294. The average molecular weight is 347 g/mol. The second-order valence-corrected chi connectivity index (χ2v) is 5.58. The summed E-state index contributed by atoms with van der Waals surface area (Å²) in [5, 5.41) is 14.3. The van der Waals surface area contributed by atoms with E-state index in [4.69, 9.17) is 21.1 Å². The van der Waals surface area contributed by atoms with Crippen molar-refractivity contribution in [3.05, 3.63) is 51.9 Å². The Balaban J connectivity index is 2.14. The van der Waals surface area contributed by atoms with Crippen molar-refractivity contribution in [1.29, 1.82) is 0 Å². The zero-order valence-corrected chi connectivity index (χ0v) is 13.9. The molecule has 0 aliphatic carbocycles. The number of halogens is 1. The van der Waals surface area contributed by atoms with Crippen molar-refractivity contribution in [3.63, 3.8) is 0 Å². The number of nitrogens with zero attached hydrogens (tertiary/aromatic N) is 2. The van der Waals surface area contributed by atoms with Crippen LogP contribution in [0.1, 0.15) is 5.56 Å². The Kier molecular flexibility index (Phi) is 4.31. The summed E-state index contributed by atoms with van der Waals surface area (Å²) >= 11 is 6.26. The van der Waals surface area contributed by atoms with Crippen LogP contribution in [0.5, 0.6) is 17.4 Å². The highest BCUT2D eigenvalue weighted by atomic mass is 35.5. The molecule has 3 rings (SSSR count). The van der Waals surface area contributed by atoms with Gasteiger partial charge in [-0.05, 0) is 28.9 Å². The molecule has 0 radical (unpaired) electrons. The van der Waals surface area contributed by atoms with Crippen molar-refractivity contribution in [2.24, 2.45) is 5.18 Å². The Morgan fingerprint density at radius 2 is 1.92 bits per heavy atom. The van der Waals surface area contributed by atoms with Crippen LogP contribution in [0.3, 0.4) is 0 Å². The third-order valence-electron chi connectivity index (χ3n) is 3.86. The molecular weight excluding hydrogens is 332 g/mol. The predicted octanol–water partition coefficient (Wildman–Crippen LogP) is 4.46. The summed E-state index contributed by atoms with van der Waals surface area (Å²) in [6.07, 6.45) is 0. The smallest absolute Gasteiger partial charge is 0.222 e. The molecule has 3 aromatic rings. The Morgan fingerprint density at radius 1 is 1.17 bits per heavy atom. The molecule has 0 atom stereocenters. The Bertz CT molecular complexity index is 921. The number of ether oxygens (including phenoxy) is 2. The van der Waals surface area contributed by atoms with Gasteiger partial charge in [0, 0.05) is 5.39 Å². The summed E-state index contributed by atoms with van der Waals surface area (Å²) in [5.74, 6) is 0.963. The van der Waals surface area contributed by atoms with Gasteiger partial charge in [0.15, 0.2) is 17.2 Å². The highest BCUT2D eigenvalue weighted by molar-refractivity contribution is 6.35. The summed E-state index contributed by atoms with van der Waals surface area (Å²) in [4.78, 5) is 11.1. The summed E-state index contributed by atoms with van der Waals surface area (Å²) in [5.41, 5.74) is 1.38. The summed E-state index contributed by atoms with van der Waals surface area (Å²) < 4.78 is 12.1. The predicted molar refractivity (Wildman–Crippen MR) is 92.7 cm³/mol. The van der Waals surface area contributed by atoms with Crippen LogP contribution in [0, 0.1) is 4.91 Å². The minimum atomic E-state index is -0.220. The molecule has 0 spiro atoms. The number of hydrogen-bond acceptors (Lipinski definition) is 5. The second kappa shape index (κ2) is 6.41. The van der Waals surface area contributed by atoms with Crippen LogP contribution in [-0.4, -0.2) is 23.9 Å². The number of fused-ring (bicyclic) bond motifs is 1. The molecule has 1 aromatic heterocycles. The quantitative estimate of drug-likeness (QED) is 0.692. The minimum Gasteiger partial charge on any atom is -0.493 e. The number of benzene rings is 2. The molecule has 0 bridgehead atoms. The lowest BCUT2D eigenvalue weighted by Gasteiger charge is -2.12. The van der Waals surface area contributed by atoms with Crippen molar-refractivity contribution in [1.82, 2.24) is 4.57 Å². The molecular formula is C17H15ClN2O4. The van der Waals surface area contributed by atoms with Gasteiger partial charge in [0.1, 0.15) is 0 Å². The molecule has 0 amide bonds. The van der Waals surface area contributed by atoms with Crippen LogP contribution in [0.25, 0.3) is 10.9 Å². The van der Waals surface area contributed by atoms with Crippen LogP contribution in [-0.2, 0) is 6.54 Å². The van der Waals surface area contributed by atoms with Gasteiger partial charge in [0.25, 0.3) is 0 Å². The Labute approximate surface area is 143 Å². The second-order valence-electron chi connectivity index (χ2n) is 5.17. The lowest BCUT2D eigenvalue weighted by Crippen LogP contribution is -2.00. The normalized spacial score (nSPS) is 10.8. The molecule has 6 nitrogen and oxygen atoms in total. The van der Waals surface area contributed by atoms with E-state index in [-0.39, 0.29) is 11.6 Å². The highest BCUT2D eigenvalue weighted by Crippen LogP contribution is 2.41. The maximum atomic E-state index is 11.1. The first-order chi connectivity index (χ1) is 11.6. The molecule has 0 aliphatic rings. The van der Waals surface area contributed by atoms with Gasteiger partial charge in [-0.3, -0.25) is 0 Å². The molecule has 0 unspecified atom stereocenters. The molecule has 0 fully saturated rings. The molecule has 0 saturated carbocycles. The number of hydrogen-bond donors (Lipinski definition) is 1.